The van der Waals surface area contributed by atoms with E-state index in [0.717, 1.165) is 25.2 Å². The summed E-state index contributed by atoms with van der Waals surface area (Å²) in [6, 6.07) is 13.6. The molecule has 0 aliphatic carbocycles. The first kappa shape index (κ1) is 20.4. The fourth-order valence-corrected chi connectivity index (χ4v) is 4.49. The molecule has 0 unspecified atom stereocenters. The number of fused-ring (bicyclic) bond motifs is 1. The van der Waals surface area contributed by atoms with Crippen LogP contribution in [0.4, 0.5) is 5.69 Å². The van der Waals surface area contributed by atoms with Crippen LogP contribution in [0.15, 0.2) is 74.0 Å². The molecule has 9 heteroatoms. The number of aryl methyl sites for hydroxylation is 2. The topological polar surface area (TPSA) is 81.3 Å². The fraction of sp³-hybridized carbons (Fsp3) is 0.143. The molecule has 1 amide bonds. The van der Waals surface area contributed by atoms with Gasteiger partial charge in [0.05, 0.1) is 5.69 Å². The van der Waals surface area contributed by atoms with Gasteiger partial charge in [0.1, 0.15) is 11.6 Å². The van der Waals surface area contributed by atoms with Crippen LogP contribution in [0.25, 0.3) is 5.65 Å². The van der Waals surface area contributed by atoms with Crippen molar-refractivity contribution < 1.29 is 4.79 Å². The molecule has 0 fully saturated rings. The number of rotatable bonds is 5. The molecule has 0 saturated heterocycles. The summed E-state index contributed by atoms with van der Waals surface area (Å²) < 4.78 is 3.33. The molecule has 0 bridgehead atoms. The van der Waals surface area contributed by atoms with E-state index in [1.807, 2.05) is 56.3 Å². The molecule has 2 aromatic carbocycles. The van der Waals surface area contributed by atoms with E-state index < -0.39 is 5.69 Å². The number of nitrogens with zero attached hydrogens (tertiary/aromatic N) is 4. The van der Waals surface area contributed by atoms with Crippen molar-refractivity contribution in [1.82, 2.24) is 19.2 Å². The highest BCUT2D eigenvalue weighted by Crippen LogP contribution is 2.28. The van der Waals surface area contributed by atoms with Gasteiger partial charge in [-0.05, 0) is 59.6 Å². The lowest BCUT2D eigenvalue weighted by atomic mass is 10.2. The molecule has 2 aromatic heterocycles. The maximum absolute atomic E-state index is 12.7. The number of halogens is 1. The third kappa shape index (κ3) is 4.31. The van der Waals surface area contributed by atoms with Crippen molar-refractivity contribution in [3.8, 4) is 0 Å². The van der Waals surface area contributed by atoms with Crippen molar-refractivity contribution in [3.05, 3.63) is 80.9 Å². The van der Waals surface area contributed by atoms with Gasteiger partial charge in [-0.25, -0.2) is 18.9 Å². The van der Waals surface area contributed by atoms with E-state index in [9.17, 15) is 9.59 Å². The maximum Gasteiger partial charge on any atom is 0.350 e. The Labute approximate surface area is 185 Å². The number of hydrogen-bond acceptors (Lipinski definition) is 5. The first-order valence-electron chi connectivity index (χ1n) is 9.15. The van der Waals surface area contributed by atoms with Crippen LogP contribution in [-0.2, 0) is 11.3 Å². The maximum atomic E-state index is 12.7. The Morgan fingerprint density at radius 3 is 2.73 bits per heavy atom. The summed E-state index contributed by atoms with van der Waals surface area (Å²) in [5.41, 5.74) is 2.87. The van der Waals surface area contributed by atoms with Gasteiger partial charge in [0, 0.05) is 21.8 Å². The Morgan fingerprint density at radius 2 is 1.97 bits per heavy atom. The summed E-state index contributed by atoms with van der Waals surface area (Å²) in [6.45, 7) is 3.78. The second-order valence-electron chi connectivity index (χ2n) is 6.82. The predicted molar refractivity (Wildman–Crippen MR) is 120 cm³/mol. The largest absolute Gasteiger partial charge is 0.350 e. The zero-order valence-electron chi connectivity index (χ0n) is 16.3. The molecule has 30 heavy (non-hydrogen) atoms. The van der Waals surface area contributed by atoms with E-state index in [1.165, 1.54) is 16.2 Å². The molecule has 0 atom stereocenters. The molecular formula is C21H18BrN5O2S. The van der Waals surface area contributed by atoms with E-state index in [-0.39, 0.29) is 12.5 Å². The Hall–Kier alpha value is -2.91. The molecule has 0 aliphatic rings. The molecule has 4 aromatic rings. The molecule has 0 saturated carbocycles. The van der Waals surface area contributed by atoms with Gasteiger partial charge in [-0.2, -0.15) is 0 Å². The monoisotopic (exact) mass is 483 g/mol. The van der Waals surface area contributed by atoms with Crippen LogP contribution >= 0.6 is 27.7 Å². The number of benzene rings is 2. The number of anilines is 1. The molecule has 2 heterocycles. The minimum Gasteiger partial charge on any atom is -0.323 e. The van der Waals surface area contributed by atoms with Crippen LogP contribution < -0.4 is 11.0 Å². The first-order chi connectivity index (χ1) is 14.4. The van der Waals surface area contributed by atoms with Gasteiger partial charge in [0.15, 0.2) is 5.65 Å². The number of aromatic nitrogens is 4. The summed E-state index contributed by atoms with van der Waals surface area (Å²) in [5.74, 6) is -0.342. The van der Waals surface area contributed by atoms with E-state index in [1.54, 1.807) is 12.4 Å². The number of nitrogens with one attached hydrogen (secondary N) is 1. The van der Waals surface area contributed by atoms with Crippen LogP contribution in [0, 0.1) is 13.8 Å². The minimum absolute atomic E-state index is 0.199. The zero-order valence-corrected chi connectivity index (χ0v) is 18.7. The Morgan fingerprint density at radius 1 is 1.17 bits per heavy atom. The van der Waals surface area contributed by atoms with Gasteiger partial charge in [0.2, 0.25) is 5.91 Å². The van der Waals surface area contributed by atoms with E-state index in [0.29, 0.717) is 16.4 Å². The quantitative estimate of drug-likeness (QED) is 0.462. The third-order valence-electron chi connectivity index (χ3n) is 4.37. The van der Waals surface area contributed by atoms with Crippen molar-refractivity contribution in [2.75, 3.05) is 5.32 Å². The highest BCUT2D eigenvalue weighted by atomic mass is 79.9. The Kier molecular flexibility index (Phi) is 5.74. The standard InChI is InChI=1S/C21H18BrN5O2S/c1-13-4-3-5-15(10-13)30-20-19-25-27(21(29)26(19)9-8-23-20)12-18(28)24-17-7-6-14(2)11-16(17)22/h3-11H,12H2,1-2H3,(H,24,28). The lowest BCUT2D eigenvalue weighted by molar-refractivity contribution is -0.117. The smallest absolute Gasteiger partial charge is 0.323 e. The van der Waals surface area contributed by atoms with E-state index in [2.05, 4.69) is 31.3 Å². The van der Waals surface area contributed by atoms with Crippen LogP contribution in [-0.4, -0.2) is 25.1 Å². The van der Waals surface area contributed by atoms with E-state index >= 15 is 0 Å². The highest BCUT2D eigenvalue weighted by Gasteiger charge is 2.15. The Balaban J connectivity index is 1.60. The zero-order chi connectivity index (χ0) is 21.3. The number of carbonyl (C=O) groups is 1. The number of hydrogen-bond donors (Lipinski definition) is 1. The van der Waals surface area contributed by atoms with Crippen molar-refractivity contribution in [2.24, 2.45) is 0 Å². The summed E-state index contributed by atoms with van der Waals surface area (Å²) in [5, 5.41) is 7.76. The van der Waals surface area contributed by atoms with Crippen LogP contribution in [0.1, 0.15) is 11.1 Å². The molecule has 152 valence electrons. The molecular weight excluding hydrogens is 466 g/mol. The van der Waals surface area contributed by atoms with Gasteiger partial charge in [-0.3, -0.25) is 4.79 Å². The summed E-state index contributed by atoms with van der Waals surface area (Å²) in [6.07, 6.45) is 3.11. The van der Waals surface area contributed by atoms with Gasteiger partial charge in [0.25, 0.3) is 0 Å². The van der Waals surface area contributed by atoms with E-state index in [4.69, 9.17) is 0 Å². The molecule has 0 radical (unpaired) electrons. The molecule has 4 rings (SSSR count). The van der Waals surface area contributed by atoms with Gasteiger partial charge >= 0.3 is 5.69 Å². The van der Waals surface area contributed by atoms with Crippen molar-refractivity contribution in [3.63, 3.8) is 0 Å². The average molecular weight is 484 g/mol. The van der Waals surface area contributed by atoms with Crippen LogP contribution in [0.3, 0.4) is 0 Å². The number of carbonyl (C=O) groups excluding carboxylic acids is 1. The predicted octanol–water partition coefficient (Wildman–Crippen LogP) is 4.06. The second kappa shape index (κ2) is 8.45. The highest BCUT2D eigenvalue weighted by molar-refractivity contribution is 9.10. The SMILES string of the molecule is Cc1cccc(Sc2nccn3c(=O)n(CC(=O)Nc4ccc(C)cc4Br)nc23)c1. The van der Waals surface area contributed by atoms with Crippen LogP contribution in [0.2, 0.25) is 0 Å². The summed E-state index contributed by atoms with van der Waals surface area (Å²) >= 11 is 4.86. The normalized spacial score (nSPS) is 11.0. The number of amides is 1. The Bertz CT molecular complexity index is 1310. The van der Waals surface area contributed by atoms with Gasteiger partial charge in [-0.1, -0.05) is 35.5 Å². The minimum atomic E-state index is -0.392. The summed E-state index contributed by atoms with van der Waals surface area (Å²) in [7, 11) is 0. The lowest BCUT2D eigenvalue weighted by Crippen LogP contribution is -2.28. The first-order valence-corrected chi connectivity index (χ1v) is 10.8. The molecule has 0 spiro atoms. The van der Waals surface area contributed by atoms with Crippen molar-refractivity contribution in [1.29, 1.82) is 0 Å². The lowest BCUT2D eigenvalue weighted by Gasteiger charge is -2.07. The molecule has 7 nitrogen and oxygen atoms in total. The fourth-order valence-electron chi connectivity index (χ4n) is 2.94. The van der Waals surface area contributed by atoms with Crippen LogP contribution in [0.5, 0.6) is 0 Å². The van der Waals surface area contributed by atoms with Crippen molar-refractivity contribution in [2.45, 2.75) is 30.3 Å². The average Bonchev–Trinajstić information content (AvgIpc) is 3.01. The molecule has 1 N–H and O–H groups in total. The van der Waals surface area contributed by atoms with Gasteiger partial charge in [-0.15, -0.1) is 5.10 Å². The molecule has 0 aliphatic heterocycles. The second-order valence-corrected chi connectivity index (χ2v) is 8.73. The van der Waals surface area contributed by atoms with Gasteiger partial charge < -0.3 is 5.32 Å². The summed E-state index contributed by atoms with van der Waals surface area (Å²) in [4.78, 5) is 30.6. The van der Waals surface area contributed by atoms with Crippen molar-refractivity contribution >= 4 is 44.9 Å². The third-order valence-corrected chi connectivity index (χ3v) is 5.99.